The van der Waals surface area contributed by atoms with Crippen LogP contribution >= 0.6 is 0 Å². The molecule has 0 aliphatic carbocycles. The molecule has 0 unspecified atom stereocenters. The second-order valence-corrected chi connectivity index (χ2v) is 4.28. The number of hydrogen-bond donors (Lipinski definition) is 2. The van der Waals surface area contributed by atoms with Crippen LogP contribution in [0.15, 0.2) is 23.3 Å². The van der Waals surface area contributed by atoms with E-state index in [4.69, 9.17) is 5.11 Å². The zero-order valence-electron chi connectivity index (χ0n) is 11.0. The summed E-state index contributed by atoms with van der Waals surface area (Å²) >= 11 is 0. The number of carbonyl (C=O) groups is 2. The van der Waals surface area contributed by atoms with E-state index in [1.54, 1.807) is 0 Å². The van der Waals surface area contributed by atoms with Gasteiger partial charge in [0.15, 0.2) is 5.43 Å². The van der Waals surface area contributed by atoms with Gasteiger partial charge in [-0.05, 0) is 12.8 Å². The summed E-state index contributed by atoms with van der Waals surface area (Å²) in [5.41, 5.74) is -0.901. The van der Waals surface area contributed by atoms with Gasteiger partial charge in [0.1, 0.15) is 12.1 Å². The Kier molecular flexibility index (Phi) is 5.29. The van der Waals surface area contributed by atoms with Gasteiger partial charge in [-0.25, -0.2) is 4.79 Å². The molecule has 6 nitrogen and oxygen atoms in total. The average molecular weight is 266 g/mol. The number of nitrogens with zero attached hydrogens (tertiary/aromatic N) is 1. The Hall–Kier alpha value is -2.11. The van der Waals surface area contributed by atoms with Gasteiger partial charge >= 0.3 is 5.97 Å². The molecule has 0 aromatic carbocycles. The fourth-order valence-corrected chi connectivity index (χ4v) is 1.72. The number of nitrogens with one attached hydrogen (secondary N) is 1. The summed E-state index contributed by atoms with van der Waals surface area (Å²) < 4.78 is 1.39. The summed E-state index contributed by atoms with van der Waals surface area (Å²) in [6.07, 6.45) is 4.26. The van der Waals surface area contributed by atoms with E-state index in [0.717, 1.165) is 18.9 Å². The van der Waals surface area contributed by atoms with Crippen molar-refractivity contribution in [3.8, 4) is 0 Å². The minimum Gasteiger partial charge on any atom is -0.477 e. The van der Waals surface area contributed by atoms with E-state index >= 15 is 0 Å². The third-order valence-corrected chi connectivity index (χ3v) is 2.89. The molecule has 1 amide bonds. The number of carboxylic acids is 1. The van der Waals surface area contributed by atoms with Gasteiger partial charge in [-0.1, -0.05) is 13.8 Å². The topological polar surface area (TPSA) is 88.4 Å². The Balaban J connectivity index is 2.77. The Morgan fingerprint density at radius 1 is 1.37 bits per heavy atom. The summed E-state index contributed by atoms with van der Waals surface area (Å²) in [4.78, 5) is 33.8. The zero-order chi connectivity index (χ0) is 14.4. The first-order valence-corrected chi connectivity index (χ1v) is 6.20. The van der Waals surface area contributed by atoms with Crippen molar-refractivity contribution in [2.75, 3.05) is 0 Å². The predicted molar refractivity (Wildman–Crippen MR) is 70.2 cm³/mol. The highest BCUT2D eigenvalue weighted by molar-refractivity contribution is 5.87. The molecule has 0 aliphatic heterocycles. The molecule has 0 saturated carbocycles. The molecule has 1 aromatic rings. The molecule has 1 aromatic heterocycles. The standard InChI is InChI=1S/C13H18N2O4/c1-3-9(4-2)14-12(17)8-15-6-5-11(16)10(7-15)13(18)19/h5-7,9H,3-4,8H2,1-2H3,(H,14,17)(H,18,19). The van der Waals surface area contributed by atoms with Crippen molar-refractivity contribution >= 4 is 11.9 Å². The van der Waals surface area contributed by atoms with Crippen LogP contribution < -0.4 is 10.7 Å². The van der Waals surface area contributed by atoms with Crippen LogP contribution in [-0.2, 0) is 11.3 Å². The quantitative estimate of drug-likeness (QED) is 0.799. The SMILES string of the molecule is CCC(CC)NC(=O)Cn1ccc(=O)c(C(=O)O)c1. The Labute approximate surface area is 111 Å². The van der Waals surface area contributed by atoms with Crippen molar-refractivity contribution in [1.82, 2.24) is 9.88 Å². The third kappa shape index (κ3) is 4.24. The average Bonchev–Trinajstić information content (AvgIpc) is 2.37. The first-order chi connectivity index (χ1) is 8.97. The smallest absolute Gasteiger partial charge is 0.341 e. The van der Waals surface area contributed by atoms with E-state index in [1.807, 2.05) is 13.8 Å². The molecule has 104 valence electrons. The maximum Gasteiger partial charge on any atom is 0.341 e. The second kappa shape index (κ2) is 6.72. The normalized spacial score (nSPS) is 10.5. The summed E-state index contributed by atoms with van der Waals surface area (Å²) in [5, 5.41) is 11.7. The van der Waals surface area contributed by atoms with E-state index in [2.05, 4.69) is 5.32 Å². The largest absolute Gasteiger partial charge is 0.477 e. The summed E-state index contributed by atoms with van der Waals surface area (Å²) in [5.74, 6) is -1.49. The van der Waals surface area contributed by atoms with Crippen LogP contribution in [0.5, 0.6) is 0 Å². The lowest BCUT2D eigenvalue weighted by Crippen LogP contribution is -2.36. The summed E-state index contributed by atoms with van der Waals surface area (Å²) in [7, 11) is 0. The maximum absolute atomic E-state index is 11.7. The molecular formula is C13H18N2O4. The number of aromatic carboxylic acids is 1. The number of pyridine rings is 1. The first-order valence-electron chi connectivity index (χ1n) is 6.20. The molecule has 1 heterocycles. The third-order valence-electron chi connectivity index (χ3n) is 2.89. The van der Waals surface area contributed by atoms with E-state index in [0.29, 0.717) is 0 Å². The van der Waals surface area contributed by atoms with Crippen molar-refractivity contribution in [3.63, 3.8) is 0 Å². The van der Waals surface area contributed by atoms with E-state index in [9.17, 15) is 14.4 Å². The molecule has 0 spiro atoms. The highest BCUT2D eigenvalue weighted by atomic mass is 16.4. The summed E-state index contributed by atoms with van der Waals surface area (Å²) in [6, 6.07) is 1.26. The van der Waals surface area contributed by atoms with Gasteiger partial charge in [-0.15, -0.1) is 0 Å². The fourth-order valence-electron chi connectivity index (χ4n) is 1.72. The molecule has 6 heteroatoms. The molecule has 0 radical (unpaired) electrons. The molecule has 2 N–H and O–H groups in total. The molecular weight excluding hydrogens is 248 g/mol. The van der Waals surface area contributed by atoms with Crippen molar-refractivity contribution in [2.24, 2.45) is 0 Å². The van der Waals surface area contributed by atoms with Crippen LogP contribution in [0.25, 0.3) is 0 Å². The molecule has 19 heavy (non-hydrogen) atoms. The van der Waals surface area contributed by atoms with Crippen molar-refractivity contribution < 1.29 is 14.7 Å². The Bertz CT molecular complexity index is 518. The predicted octanol–water partition coefficient (Wildman–Crippen LogP) is 0.851. The minimum absolute atomic E-state index is 0.00292. The van der Waals surface area contributed by atoms with Gasteiger partial charge in [0.2, 0.25) is 5.91 Å². The lowest BCUT2D eigenvalue weighted by Gasteiger charge is -2.15. The summed E-state index contributed by atoms with van der Waals surface area (Å²) in [6.45, 7) is 3.96. The van der Waals surface area contributed by atoms with Crippen LogP contribution in [-0.4, -0.2) is 27.6 Å². The van der Waals surface area contributed by atoms with Crippen LogP contribution in [0, 0.1) is 0 Å². The van der Waals surface area contributed by atoms with Crippen molar-refractivity contribution in [2.45, 2.75) is 39.3 Å². The van der Waals surface area contributed by atoms with Gasteiger partial charge in [0.25, 0.3) is 0 Å². The van der Waals surface area contributed by atoms with Gasteiger partial charge in [0, 0.05) is 24.5 Å². The van der Waals surface area contributed by atoms with E-state index in [-0.39, 0.29) is 24.1 Å². The second-order valence-electron chi connectivity index (χ2n) is 4.28. The highest BCUT2D eigenvalue weighted by Gasteiger charge is 2.11. The van der Waals surface area contributed by atoms with Gasteiger partial charge < -0.3 is 15.0 Å². The first kappa shape index (κ1) is 14.9. The molecule has 0 atom stereocenters. The van der Waals surface area contributed by atoms with E-state index < -0.39 is 11.4 Å². The van der Waals surface area contributed by atoms with Gasteiger partial charge in [0.05, 0.1) is 0 Å². The van der Waals surface area contributed by atoms with Crippen LogP contribution in [0.3, 0.4) is 0 Å². The van der Waals surface area contributed by atoms with Crippen molar-refractivity contribution in [3.05, 3.63) is 34.2 Å². The number of rotatable bonds is 6. The molecule has 0 bridgehead atoms. The maximum atomic E-state index is 11.7. The van der Waals surface area contributed by atoms with Crippen LogP contribution in [0.1, 0.15) is 37.0 Å². The van der Waals surface area contributed by atoms with Gasteiger partial charge in [-0.3, -0.25) is 9.59 Å². The van der Waals surface area contributed by atoms with Crippen LogP contribution in [0.2, 0.25) is 0 Å². The molecule has 0 saturated heterocycles. The number of amides is 1. The van der Waals surface area contributed by atoms with Crippen LogP contribution in [0.4, 0.5) is 0 Å². The number of hydrogen-bond acceptors (Lipinski definition) is 3. The lowest BCUT2D eigenvalue weighted by atomic mass is 10.2. The zero-order valence-corrected chi connectivity index (χ0v) is 11.0. The molecule has 0 fully saturated rings. The lowest BCUT2D eigenvalue weighted by molar-refractivity contribution is -0.122. The number of aromatic nitrogens is 1. The van der Waals surface area contributed by atoms with Crippen molar-refractivity contribution in [1.29, 1.82) is 0 Å². The van der Waals surface area contributed by atoms with Gasteiger partial charge in [-0.2, -0.15) is 0 Å². The minimum atomic E-state index is -1.29. The molecule has 1 rings (SSSR count). The Morgan fingerprint density at radius 2 is 2.00 bits per heavy atom. The number of carboxylic acid groups (broad SMARTS) is 1. The monoisotopic (exact) mass is 266 g/mol. The Morgan fingerprint density at radius 3 is 2.53 bits per heavy atom. The molecule has 0 aliphatic rings. The fraction of sp³-hybridized carbons (Fsp3) is 0.462. The number of carbonyl (C=O) groups excluding carboxylic acids is 1. The highest BCUT2D eigenvalue weighted by Crippen LogP contribution is 1.98. The van der Waals surface area contributed by atoms with E-state index in [1.165, 1.54) is 17.0 Å².